The molecule has 0 spiro atoms. The van der Waals surface area contributed by atoms with Crippen molar-refractivity contribution >= 4 is 0 Å². The normalized spacial score (nSPS) is 29.6. The van der Waals surface area contributed by atoms with Gasteiger partial charge < -0.3 is 10.5 Å². The molecule has 2 unspecified atom stereocenters. The second-order valence-electron chi connectivity index (χ2n) is 4.39. The maximum atomic E-state index is 12.9. The van der Waals surface area contributed by atoms with Crippen molar-refractivity contribution in [3.8, 4) is 0 Å². The zero-order chi connectivity index (χ0) is 12.7. The molecular weight excluding hydrogens is 231 g/mol. The van der Waals surface area contributed by atoms with Gasteiger partial charge in [-0.2, -0.15) is 13.2 Å². The Morgan fingerprint density at radius 2 is 2.00 bits per heavy atom. The van der Waals surface area contributed by atoms with Crippen molar-refractivity contribution in [2.75, 3.05) is 6.61 Å². The van der Waals surface area contributed by atoms with Crippen molar-refractivity contribution in [3.63, 3.8) is 0 Å². The molecule has 2 N–H and O–H groups in total. The second-order valence-corrected chi connectivity index (χ2v) is 4.39. The highest BCUT2D eigenvalue weighted by Crippen LogP contribution is 2.42. The lowest BCUT2D eigenvalue weighted by Crippen LogP contribution is -2.40. The van der Waals surface area contributed by atoms with E-state index in [1.807, 2.05) is 0 Å². The summed E-state index contributed by atoms with van der Waals surface area (Å²) in [7, 11) is 0. The van der Waals surface area contributed by atoms with E-state index in [4.69, 9.17) is 10.5 Å². The fourth-order valence-electron chi connectivity index (χ4n) is 2.22. The molecule has 0 bridgehead atoms. The van der Waals surface area contributed by atoms with Gasteiger partial charge in [-0.1, -0.05) is 18.2 Å². The molecule has 94 valence electrons. The van der Waals surface area contributed by atoms with Crippen molar-refractivity contribution in [1.82, 2.24) is 0 Å². The van der Waals surface area contributed by atoms with Gasteiger partial charge in [0.2, 0.25) is 0 Å². The van der Waals surface area contributed by atoms with Crippen molar-refractivity contribution < 1.29 is 17.9 Å². The molecule has 17 heavy (non-hydrogen) atoms. The highest BCUT2D eigenvalue weighted by Gasteiger charge is 2.45. The number of rotatable bonds is 1. The maximum absolute atomic E-state index is 12.9. The summed E-state index contributed by atoms with van der Waals surface area (Å²) in [5.74, 6) is 0. The molecule has 0 radical (unpaired) electrons. The molecule has 1 aliphatic rings. The number of hydrogen-bond acceptors (Lipinski definition) is 2. The van der Waals surface area contributed by atoms with Gasteiger partial charge in [-0.05, 0) is 25.0 Å². The van der Waals surface area contributed by atoms with Crippen LogP contribution in [0.15, 0.2) is 24.3 Å². The van der Waals surface area contributed by atoms with Gasteiger partial charge in [0.1, 0.15) is 5.60 Å². The number of hydrogen-bond donors (Lipinski definition) is 1. The van der Waals surface area contributed by atoms with Crippen LogP contribution in [-0.2, 0) is 16.5 Å². The summed E-state index contributed by atoms with van der Waals surface area (Å²) in [4.78, 5) is 0. The van der Waals surface area contributed by atoms with E-state index in [0.29, 0.717) is 13.0 Å². The monoisotopic (exact) mass is 245 g/mol. The molecule has 2 nitrogen and oxygen atoms in total. The summed E-state index contributed by atoms with van der Waals surface area (Å²) < 4.78 is 44.2. The van der Waals surface area contributed by atoms with Crippen LogP contribution in [0.25, 0.3) is 0 Å². The first-order chi connectivity index (χ1) is 7.86. The average molecular weight is 245 g/mol. The minimum Gasteiger partial charge on any atom is -0.369 e. The first kappa shape index (κ1) is 12.4. The molecule has 2 atom stereocenters. The fraction of sp³-hybridized carbons (Fsp3) is 0.500. The van der Waals surface area contributed by atoms with Crippen molar-refractivity contribution in [1.29, 1.82) is 0 Å². The Morgan fingerprint density at radius 1 is 1.35 bits per heavy atom. The Hall–Kier alpha value is -1.07. The minimum atomic E-state index is -4.38. The lowest BCUT2D eigenvalue weighted by molar-refractivity contribution is -0.140. The van der Waals surface area contributed by atoms with E-state index in [0.717, 1.165) is 6.07 Å². The molecule has 1 aliphatic heterocycles. The molecule has 0 aliphatic carbocycles. The second kappa shape index (κ2) is 3.99. The van der Waals surface area contributed by atoms with Gasteiger partial charge in [0.15, 0.2) is 0 Å². The van der Waals surface area contributed by atoms with Gasteiger partial charge in [-0.3, -0.25) is 0 Å². The highest BCUT2D eigenvalue weighted by atomic mass is 19.4. The van der Waals surface area contributed by atoms with Crippen LogP contribution in [0, 0.1) is 0 Å². The summed E-state index contributed by atoms with van der Waals surface area (Å²) in [6, 6.07) is 5.04. The summed E-state index contributed by atoms with van der Waals surface area (Å²) in [6.45, 7) is 2.01. The Kier molecular flexibility index (Phi) is 2.91. The van der Waals surface area contributed by atoms with E-state index in [2.05, 4.69) is 0 Å². The van der Waals surface area contributed by atoms with Crippen molar-refractivity contribution in [3.05, 3.63) is 35.4 Å². The molecule has 0 aromatic heterocycles. The van der Waals surface area contributed by atoms with Gasteiger partial charge in [0.25, 0.3) is 0 Å². The molecule has 0 saturated carbocycles. The maximum Gasteiger partial charge on any atom is 0.416 e. The van der Waals surface area contributed by atoms with Crippen molar-refractivity contribution in [2.45, 2.75) is 31.2 Å². The number of benzene rings is 1. The number of ether oxygens (including phenoxy) is 1. The number of nitrogens with two attached hydrogens (primary N) is 1. The lowest BCUT2D eigenvalue weighted by Gasteiger charge is -2.31. The molecule has 1 saturated heterocycles. The largest absolute Gasteiger partial charge is 0.416 e. The standard InChI is InChI=1S/C12H14F3NO/c1-11(10(16)6-7-17-11)8-4-2-3-5-9(8)12(13,14)15/h2-5,10H,6-7,16H2,1H3. The summed E-state index contributed by atoms with van der Waals surface area (Å²) >= 11 is 0. The van der Waals surface area contributed by atoms with E-state index in [1.165, 1.54) is 12.1 Å². The third kappa shape index (κ3) is 2.05. The average Bonchev–Trinajstić information content (AvgIpc) is 2.59. The third-order valence-electron chi connectivity index (χ3n) is 3.31. The van der Waals surface area contributed by atoms with Crippen LogP contribution in [0.1, 0.15) is 24.5 Å². The predicted molar refractivity (Wildman–Crippen MR) is 57.3 cm³/mol. The first-order valence-electron chi connectivity index (χ1n) is 5.42. The Morgan fingerprint density at radius 3 is 2.53 bits per heavy atom. The summed E-state index contributed by atoms with van der Waals surface area (Å²) in [6.07, 6.45) is -3.81. The van der Waals surface area contributed by atoms with Gasteiger partial charge >= 0.3 is 6.18 Å². The van der Waals surface area contributed by atoms with Crippen LogP contribution in [0.5, 0.6) is 0 Å². The minimum absolute atomic E-state index is 0.123. The lowest BCUT2D eigenvalue weighted by atomic mass is 9.85. The zero-order valence-electron chi connectivity index (χ0n) is 9.42. The molecule has 0 amide bonds. The molecule has 1 aromatic rings. The smallest absolute Gasteiger partial charge is 0.369 e. The van der Waals surface area contributed by atoms with E-state index in [9.17, 15) is 13.2 Å². The van der Waals surface area contributed by atoms with Crippen LogP contribution < -0.4 is 5.73 Å². The van der Waals surface area contributed by atoms with Crippen LogP contribution >= 0.6 is 0 Å². The SMILES string of the molecule is CC1(c2ccccc2C(F)(F)F)OCCC1N. The molecule has 5 heteroatoms. The van der Waals surface area contributed by atoms with Crippen LogP contribution in [0.3, 0.4) is 0 Å². The topological polar surface area (TPSA) is 35.2 Å². The van der Waals surface area contributed by atoms with Crippen LogP contribution in [-0.4, -0.2) is 12.6 Å². The zero-order valence-corrected chi connectivity index (χ0v) is 9.42. The van der Waals surface area contributed by atoms with Gasteiger partial charge in [0, 0.05) is 12.6 Å². The van der Waals surface area contributed by atoms with Crippen molar-refractivity contribution in [2.24, 2.45) is 5.73 Å². The van der Waals surface area contributed by atoms with E-state index >= 15 is 0 Å². The summed E-state index contributed by atoms with van der Waals surface area (Å²) in [5, 5.41) is 0. The molecule has 1 fully saturated rings. The number of alkyl halides is 3. The quantitative estimate of drug-likeness (QED) is 0.825. The van der Waals surface area contributed by atoms with Gasteiger partial charge in [-0.25, -0.2) is 0 Å². The van der Waals surface area contributed by atoms with Gasteiger partial charge in [-0.15, -0.1) is 0 Å². The molecule has 1 heterocycles. The third-order valence-corrected chi connectivity index (χ3v) is 3.31. The molecular formula is C12H14F3NO. The summed E-state index contributed by atoms with van der Waals surface area (Å²) in [5.41, 5.74) is 4.27. The van der Waals surface area contributed by atoms with E-state index < -0.39 is 23.4 Å². The van der Waals surface area contributed by atoms with E-state index in [1.54, 1.807) is 13.0 Å². The Balaban J connectivity index is 2.52. The Bertz CT molecular complexity index is 418. The van der Waals surface area contributed by atoms with Crippen LogP contribution in [0.4, 0.5) is 13.2 Å². The predicted octanol–water partition coefficient (Wildman–Crippen LogP) is 2.67. The number of halogens is 3. The highest BCUT2D eigenvalue weighted by molar-refractivity contribution is 5.36. The Labute approximate surface area is 97.6 Å². The van der Waals surface area contributed by atoms with Crippen LogP contribution in [0.2, 0.25) is 0 Å². The fourth-order valence-corrected chi connectivity index (χ4v) is 2.22. The molecule has 2 rings (SSSR count). The van der Waals surface area contributed by atoms with Gasteiger partial charge in [0.05, 0.1) is 5.56 Å². The first-order valence-corrected chi connectivity index (χ1v) is 5.42. The molecule has 1 aromatic carbocycles. The van der Waals surface area contributed by atoms with E-state index in [-0.39, 0.29) is 5.56 Å².